The second-order valence-corrected chi connectivity index (χ2v) is 5.29. The molecule has 1 aliphatic rings. The molecule has 1 aromatic rings. The lowest BCUT2D eigenvalue weighted by molar-refractivity contribution is 0.0414. The molecule has 0 bridgehead atoms. The molecule has 1 aromatic carbocycles. The number of hydrogen-bond donors (Lipinski definition) is 2. The van der Waals surface area contributed by atoms with Crippen molar-refractivity contribution in [1.29, 1.82) is 0 Å². The number of benzene rings is 1. The van der Waals surface area contributed by atoms with E-state index in [1.807, 2.05) is 18.2 Å². The lowest BCUT2D eigenvalue weighted by Gasteiger charge is -2.15. The Morgan fingerprint density at radius 2 is 2.40 bits per heavy atom. The van der Waals surface area contributed by atoms with Crippen molar-refractivity contribution in [2.24, 2.45) is 0 Å². The number of ether oxygens (including phenoxy) is 2. The predicted molar refractivity (Wildman–Crippen MR) is 78.6 cm³/mol. The summed E-state index contributed by atoms with van der Waals surface area (Å²) in [6, 6.07) is 8.35. The number of aliphatic hydroxyl groups excluding tert-OH is 1. The van der Waals surface area contributed by atoms with Gasteiger partial charge in [0.05, 0.1) is 19.3 Å². The van der Waals surface area contributed by atoms with Crippen LogP contribution in [-0.4, -0.2) is 37.6 Å². The smallest absolute Gasteiger partial charge is 0.0830 e. The molecule has 0 amide bonds. The zero-order valence-corrected chi connectivity index (χ0v) is 12.2. The zero-order valence-electron chi connectivity index (χ0n) is 12.2. The highest BCUT2D eigenvalue weighted by Crippen LogP contribution is 2.14. The normalized spacial score (nSPS) is 20.2. The first-order valence-electron chi connectivity index (χ1n) is 7.42. The Bertz CT molecular complexity index is 391. The van der Waals surface area contributed by atoms with Crippen LogP contribution >= 0.6 is 0 Å². The van der Waals surface area contributed by atoms with E-state index in [2.05, 4.69) is 18.3 Å². The molecular formula is C16H25NO3. The summed E-state index contributed by atoms with van der Waals surface area (Å²) in [5, 5.41) is 12.6. The van der Waals surface area contributed by atoms with E-state index in [1.54, 1.807) is 0 Å². The van der Waals surface area contributed by atoms with Crippen LogP contribution in [0, 0.1) is 0 Å². The van der Waals surface area contributed by atoms with Crippen LogP contribution in [0.4, 0.5) is 0 Å². The van der Waals surface area contributed by atoms with E-state index in [9.17, 15) is 0 Å². The molecule has 0 aliphatic carbocycles. The molecule has 1 aliphatic heterocycles. The third kappa shape index (κ3) is 4.87. The molecule has 4 nitrogen and oxygen atoms in total. The summed E-state index contributed by atoms with van der Waals surface area (Å²) in [4.78, 5) is 0. The van der Waals surface area contributed by atoms with Crippen LogP contribution in [0.15, 0.2) is 24.3 Å². The van der Waals surface area contributed by atoms with Gasteiger partial charge in [0.2, 0.25) is 0 Å². The SMILES string of the molecule is CC(NCCCOC1CCOC1)c1cccc(CO)c1. The van der Waals surface area contributed by atoms with Gasteiger partial charge in [0.1, 0.15) is 0 Å². The van der Waals surface area contributed by atoms with Crippen LogP contribution in [0.25, 0.3) is 0 Å². The summed E-state index contributed by atoms with van der Waals surface area (Å²) in [7, 11) is 0. The molecule has 1 heterocycles. The van der Waals surface area contributed by atoms with Gasteiger partial charge in [0, 0.05) is 19.3 Å². The van der Waals surface area contributed by atoms with Gasteiger partial charge in [-0.1, -0.05) is 24.3 Å². The Morgan fingerprint density at radius 3 is 3.15 bits per heavy atom. The molecule has 2 atom stereocenters. The largest absolute Gasteiger partial charge is 0.392 e. The lowest BCUT2D eigenvalue weighted by atomic mass is 10.1. The zero-order chi connectivity index (χ0) is 14.2. The van der Waals surface area contributed by atoms with Crippen LogP contribution < -0.4 is 5.32 Å². The molecular weight excluding hydrogens is 254 g/mol. The first-order valence-corrected chi connectivity index (χ1v) is 7.42. The molecule has 112 valence electrons. The van der Waals surface area contributed by atoms with Crippen LogP contribution in [0.3, 0.4) is 0 Å². The monoisotopic (exact) mass is 279 g/mol. The summed E-state index contributed by atoms with van der Waals surface area (Å²) in [5.41, 5.74) is 2.17. The van der Waals surface area contributed by atoms with Crippen LogP contribution in [0.1, 0.15) is 36.9 Å². The van der Waals surface area contributed by atoms with Gasteiger partial charge < -0.3 is 19.9 Å². The van der Waals surface area contributed by atoms with Gasteiger partial charge in [-0.05, 0) is 37.4 Å². The molecule has 0 spiro atoms. The predicted octanol–water partition coefficient (Wildman–Crippen LogP) is 2.03. The Morgan fingerprint density at radius 1 is 1.50 bits per heavy atom. The number of hydrogen-bond acceptors (Lipinski definition) is 4. The average molecular weight is 279 g/mol. The van der Waals surface area contributed by atoms with Crippen LogP contribution in [0.5, 0.6) is 0 Å². The molecule has 20 heavy (non-hydrogen) atoms. The molecule has 2 unspecified atom stereocenters. The van der Waals surface area contributed by atoms with Crippen molar-refractivity contribution in [3.63, 3.8) is 0 Å². The summed E-state index contributed by atoms with van der Waals surface area (Å²) in [6.07, 6.45) is 2.33. The van der Waals surface area contributed by atoms with Crippen molar-refractivity contribution >= 4 is 0 Å². The van der Waals surface area contributed by atoms with Gasteiger partial charge in [-0.2, -0.15) is 0 Å². The van der Waals surface area contributed by atoms with E-state index in [-0.39, 0.29) is 12.6 Å². The number of aliphatic hydroxyl groups is 1. The quantitative estimate of drug-likeness (QED) is 0.715. The van der Waals surface area contributed by atoms with E-state index in [0.717, 1.165) is 44.8 Å². The Hall–Kier alpha value is -0.940. The Kier molecular flexibility index (Phi) is 6.47. The minimum absolute atomic E-state index is 0.0951. The van der Waals surface area contributed by atoms with Crippen molar-refractivity contribution in [2.75, 3.05) is 26.4 Å². The molecule has 0 aromatic heterocycles. The second-order valence-electron chi connectivity index (χ2n) is 5.29. The maximum atomic E-state index is 9.15. The Balaban J connectivity index is 1.62. The fraction of sp³-hybridized carbons (Fsp3) is 0.625. The minimum Gasteiger partial charge on any atom is -0.392 e. The molecule has 0 saturated carbocycles. The lowest BCUT2D eigenvalue weighted by Crippen LogP contribution is -2.22. The van der Waals surface area contributed by atoms with Gasteiger partial charge in [-0.25, -0.2) is 0 Å². The van der Waals surface area contributed by atoms with Crippen LogP contribution in [-0.2, 0) is 16.1 Å². The highest BCUT2D eigenvalue weighted by Gasteiger charge is 2.15. The molecule has 4 heteroatoms. The summed E-state index contributed by atoms with van der Waals surface area (Å²) < 4.78 is 11.0. The second kappa shape index (κ2) is 8.37. The topological polar surface area (TPSA) is 50.7 Å². The summed E-state index contributed by atoms with van der Waals surface area (Å²) >= 11 is 0. The van der Waals surface area contributed by atoms with E-state index in [4.69, 9.17) is 14.6 Å². The number of rotatable bonds is 8. The highest BCUT2D eigenvalue weighted by atomic mass is 16.5. The van der Waals surface area contributed by atoms with E-state index < -0.39 is 0 Å². The van der Waals surface area contributed by atoms with E-state index in [0.29, 0.717) is 6.10 Å². The summed E-state index contributed by atoms with van der Waals surface area (Å²) in [6.45, 7) is 5.53. The van der Waals surface area contributed by atoms with Crippen molar-refractivity contribution in [3.05, 3.63) is 35.4 Å². The third-order valence-corrected chi connectivity index (χ3v) is 3.65. The Labute approximate surface area is 121 Å². The molecule has 2 N–H and O–H groups in total. The van der Waals surface area contributed by atoms with Crippen LogP contribution in [0.2, 0.25) is 0 Å². The fourth-order valence-corrected chi connectivity index (χ4v) is 2.36. The first-order chi connectivity index (χ1) is 9.79. The maximum Gasteiger partial charge on any atom is 0.0830 e. The van der Waals surface area contributed by atoms with Gasteiger partial charge in [-0.3, -0.25) is 0 Å². The van der Waals surface area contributed by atoms with Crippen molar-refractivity contribution in [3.8, 4) is 0 Å². The average Bonchev–Trinajstić information content (AvgIpc) is 3.00. The van der Waals surface area contributed by atoms with Gasteiger partial charge in [-0.15, -0.1) is 0 Å². The van der Waals surface area contributed by atoms with Crippen molar-refractivity contribution in [2.45, 2.75) is 38.5 Å². The van der Waals surface area contributed by atoms with Crippen molar-refractivity contribution in [1.82, 2.24) is 5.32 Å². The fourth-order valence-electron chi connectivity index (χ4n) is 2.36. The summed E-state index contributed by atoms with van der Waals surface area (Å²) in [5.74, 6) is 0. The van der Waals surface area contributed by atoms with Gasteiger partial charge in [0.15, 0.2) is 0 Å². The third-order valence-electron chi connectivity index (χ3n) is 3.65. The van der Waals surface area contributed by atoms with E-state index in [1.165, 1.54) is 5.56 Å². The maximum absolute atomic E-state index is 9.15. The van der Waals surface area contributed by atoms with Gasteiger partial charge in [0.25, 0.3) is 0 Å². The number of nitrogens with one attached hydrogen (secondary N) is 1. The van der Waals surface area contributed by atoms with Crippen molar-refractivity contribution < 1.29 is 14.6 Å². The highest BCUT2D eigenvalue weighted by molar-refractivity contribution is 5.25. The minimum atomic E-state index is 0.0951. The molecule has 2 rings (SSSR count). The molecule has 1 saturated heterocycles. The van der Waals surface area contributed by atoms with Gasteiger partial charge >= 0.3 is 0 Å². The molecule has 1 fully saturated rings. The van der Waals surface area contributed by atoms with E-state index >= 15 is 0 Å². The standard InChI is InChI=1S/C16H25NO3/c1-13(15-5-2-4-14(10-15)11-18)17-7-3-8-20-16-6-9-19-12-16/h2,4-5,10,13,16-18H,3,6-9,11-12H2,1H3. The first kappa shape index (κ1) is 15.4. The molecule has 0 radical (unpaired) electrons.